The summed E-state index contributed by atoms with van der Waals surface area (Å²) < 4.78 is 13.6. The summed E-state index contributed by atoms with van der Waals surface area (Å²) >= 11 is 0. The van der Waals surface area contributed by atoms with Crippen LogP contribution in [0, 0.1) is 0 Å². The van der Waals surface area contributed by atoms with Gasteiger partial charge in [-0.2, -0.15) is 0 Å². The molecule has 5 rings (SSSR count). The Kier molecular flexibility index (Phi) is 5.60. The van der Waals surface area contributed by atoms with Crippen molar-refractivity contribution >= 4 is 42.2 Å². The van der Waals surface area contributed by atoms with E-state index in [9.17, 15) is 5.02 Å². The molecule has 0 saturated heterocycles. The normalized spacial score (nSPS) is 22.4. The molecular formula is C28H31BO3P2. The Hall–Kier alpha value is -2.32. The van der Waals surface area contributed by atoms with E-state index in [0.717, 1.165) is 27.4 Å². The maximum absolute atomic E-state index is 11.5. The molecule has 0 amide bonds. The summed E-state index contributed by atoms with van der Waals surface area (Å²) in [6, 6.07) is 39.7. The van der Waals surface area contributed by atoms with Crippen LogP contribution in [0.5, 0.6) is 0 Å². The second-order valence-corrected chi connectivity index (χ2v) is 21.1. The third kappa shape index (κ3) is 3.57. The van der Waals surface area contributed by atoms with Crippen molar-refractivity contribution in [2.75, 3.05) is 20.0 Å². The summed E-state index contributed by atoms with van der Waals surface area (Å²) in [6.45, 7) is -0.212. The fraction of sp³-hybridized carbons (Fsp3) is 0.143. The molecule has 0 spiro atoms. The summed E-state index contributed by atoms with van der Waals surface area (Å²) in [7, 11) is -1.38. The summed E-state index contributed by atoms with van der Waals surface area (Å²) in [5.41, 5.74) is 1.20. The Labute approximate surface area is 203 Å². The molecule has 1 aliphatic rings. The van der Waals surface area contributed by atoms with Crippen LogP contribution in [0.25, 0.3) is 0 Å². The van der Waals surface area contributed by atoms with Gasteiger partial charge in [0.2, 0.25) is 0 Å². The molecule has 3 nitrogen and oxygen atoms in total. The molecule has 0 bridgehead atoms. The van der Waals surface area contributed by atoms with Crippen molar-refractivity contribution < 1.29 is 13.9 Å². The standard InChI is InChI=1S/C28H31BO3P2/c1-33(2,3)23-24-15-13-14-22-28(24)34(32-29(30)31-33,25-16-7-4-8-17-25,26-18-9-5-10-19-26)27-20-11-6-12-21-27/h4-22,30H,23H2,1-3H3. The van der Waals surface area contributed by atoms with Gasteiger partial charge in [0, 0.05) is 0 Å². The molecule has 0 aliphatic carbocycles. The Morgan fingerprint density at radius 3 is 1.47 bits per heavy atom. The first-order valence-electron chi connectivity index (χ1n) is 11.6. The number of hydrogen-bond donors (Lipinski definition) is 1. The molecule has 4 aromatic carbocycles. The molecule has 6 heteroatoms. The molecule has 0 radical (unpaired) electrons. The number of rotatable bonds is 3. The van der Waals surface area contributed by atoms with Crippen molar-refractivity contribution in [2.45, 2.75) is 6.16 Å². The molecule has 4 aromatic rings. The van der Waals surface area contributed by atoms with E-state index in [2.05, 4.69) is 80.7 Å². The zero-order valence-electron chi connectivity index (χ0n) is 19.9. The Morgan fingerprint density at radius 2 is 1.00 bits per heavy atom. The van der Waals surface area contributed by atoms with Gasteiger partial charge in [0.05, 0.1) is 0 Å². The van der Waals surface area contributed by atoms with Crippen molar-refractivity contribution in [1.82, 2.24) is 0 Å². The van der Waals surface area contributed by atoms with E-state index < -0.39 is 21.0 Å². The van der Waals surface area contributed by atoms with Crippen LogP contribution in [0.1, 0.15) is 5.56 Å². The average Bonchev–Trinajstić information content (AvgIpc) is 2.83. The zero-order chi connectivity index (χ0) is 23.9. The monoisotopic (exact) mass is 488 g/mol. The first kappa shape index (κ1) is 23.4. The minimum atomic E-state index is -3.91. The molecule has 1 aliphatic heterocycles. The van der Waals surface area contributed by atoms with E-state index in [4.69, 9.17) is 8.88 Å². The summed E-state index contributed by atoms with van der Waals surface area (Å²) in [5, 5.41) is 15.8. The maximum atomic E-state index is 11.5. The predicted molar refractivity (Wildman–Crippen MR) is 150 cm³/mol. The quantitative estimate of drug-likeness (QED) is 0.338. The Morgan fingerprint density at radius 1 is 0.588 bits per heavy atom. The van der Waals surface area contributed by atoms with Gasteiger partial charge in [-0.3, -0.25) is 0 Å². The molecule has 0 unspecified atom stereocenters. The topological polar surface area (TPSA) is 38.7 Å². The molecule has 0 atom stereocenters. The van der Waals surface area contributed by atoms with E-state index in [0.29, 0.717) is 0 Å². The van der Waals surface area contributed by atoms with Crippen molar-refractivity contribution in [2.24, 2.45) is 0 Å². The van der Waals surface area contributed by atoms with E-state index in [1.165, 1.54) is 5.56 Å². The third-order valence-electron chi connectivity index (χ3n) is 6.69. The van der Waals surface area contributed by atoms with Gasteiger partial charge in [-0.25, -0.2) is 0 Å². The average molecular weight is 488 g/mol. The van der Waals surface area contributed by atoms with Crippen molar-refractivity contribution in [3.63, 3.8) is 0 Å². The fourth-order valence-corrected chi connectivity index (χ4v) is 13.8. The van der Waals surface area contributed by atoms with E-state index in [1.807, 2.05) is 54.6 Å². The van der Waals surface area contributed by atoms with Crippen molar-refractivity contribution in [3.05, 3.63) is 121 Å². The summed E-state index contributed by atoms with van der Waals surface area (Å²) in [6.07, 6.45) is 0.743. The van der Waals surface area contributed by atoms with Crippen LogP contribution in [0.15, 0.2) is 115 Å². The van der Waals surface area contributed by atoms with Gasteiger partial charge in [-0.1, -0.05) is 0 Å². The number of benzene rings is 4. The molecule has 174 valence electrons. The Bertz CT molecular complexity index is 1210. The molecule has 0 fully saturated rings. The van der Waals surface area contributed by atoms with E-state index in [1.54, 1.807) is 0 Å². The molecule has 1 heterocycles. The van der Waals surface area contributed by atoms with Gasteiger partial charge < -0.3 is 0 Å². The molecule has 34 heavy (non-hydrogen) atoms. The molecule has 0 aromatic heterocycles. The minimum absolute atomic E-state index is 0.743. The van der Waals surface area contributed by atoms with E-state index >= 15 is 0 Å². The van der Waals surface area contributed by atoms with Gasteiger partial charge >= 0.3 is 203 Å². The third-order valence-corrected chi connectivity index (χ3v) is 14.9. The predicted octanol–water partition coefficient (Wildman–Crippen LogP) is 4.64. The second-order valence-electron chi connectivity index (χ2n) is 10.3. The van der Waals surface area contributed by atoms with Crippen LogP contribution >= 0.6 is 13.7 Å². The molecular weight excluding hydrogens is 457 g/mol. The van der Waals surface area contributed by atoms with Crippen LogP contribution in [0.4, 0.5) is 0 Å². The van der Waals surface area contributed by atoms with Crippen LogP contribution in [0.3, 0.4) is 0 Å². The zero-order valence-corrected chi connectivity index (χ0v) is 21.7. The molecule has 0 saturated carbocycles. The van der Waals surface area contributed by atoms with Crippen molar-refractivity contribution in [3.8, 4) is 0 Å². The fourth-order valence-electron chi connectivity index (χ4n) is 5.45. The van der Waals surface area contributed by atoms with Gasteiger partial charge in [-0.15, -0.1) is 0 Å². The number of hydrogen-bond acceptors (Lipinski definition) is 3. The van der Waals surface area contributed by atoms with Gasteiger partial charge in [0.15, 0.2) is 0 Å². The van der Waals surface area contributed by atoms with Crippen LogP contribution < -0.4 is 21.2 Å². The first-order chi connectivity index (χ1) is 16.2. The number of fused-ring (bicyclic) bond motifs is 1. The second kappa shape index (κ2) is 8.13. The van der Waals surface area contributed by atoms with Crippen LogP contribution in [-0.2, 0) is 15.0 Å². The van der Waals surface area contributed by atoms with Crippen LogP contribution in [0.2, 0.25) is 0 Å². The van der Waals surface area contributed by atoms with Gasteiger partial charge in [0.25, 0.3) is 0 Å². The van der Waals surface area contributed by atoms with E-state index in [-0.39, 0.29) is 0 Å². The van der Waals surface area contributed by atoms with Gasteiger partial charge in [-0.05, 0) is 0 Å². The first-order valence-corrected chi connectivity index (χ1v) is 17.4. The molecule has 1 N–H and O–H groups in total. The van der Waals surface area contributed by atoms with Crippen LogP contribution in [-0.4, -0.2) is 32.3 Å². The summed E-state index contributed by atoms with van der Waals surface area (Å²) in [4.78, 5) is 0. The summed E-state index contributed by atoms with van der Waals surface area (Å²) in [5.74, 6) is 0. The van der Waals surface area contributed by atoms with Crippen molar-refractivity contribution in [1.29, 1.82) is 0 Å². The SMILES string of the molecule is CP1(C)(C)Cc2ccccc2P(c2ccccc2)(c2ccccc2)(c2ccccc2)OB(O)O1. The van der Waals surface area contributed by atoms with Gasteiger partial charge in [0.1, 0.15) is 0 Å². The Balaban J connectivity index is 2.06.